The number of nitrogens with one attached hydrogen (secondary N) is 1. The van der Waals surface area contributed by atoms with Crippen LogP contribution in [0.15, 0.2) is 41.3 Å². The molecule has 41 heavy (non-hydrogen) atoms. The molecule has 1 aliphatic heterocycles. The maximum atomic E-state index is 13.9. The molecule has 3 fully saturated rings. The van der Waals surface area contributed by atoms with Crippen molar-refractivity contribution in [3.8, 4) is 0 Å². The summed E-state index contributed by atoms with van der Waals surface area (Å²) in [5.41, 5.74) is -1.74. The number of anilines is 1. The molecule has 3 N–H and O–H groups in total. The number of aliphatic hydroxyl groups excluding tert-OH is 1. The third-order valence-corrected chi connectivity index (χ3v) is 13.5. The Morgan fingerprint density at radius 2 is 1.90 bits per heavy atom. The van der Waals surface area contributed by atoms with Crippen LogP contribution in [0, 0.1) is 29.4 Å². The fourth-order valence-corrected chi connectivity index (χ4v) is 10.7. The van der Waals surface area contributed by atoms with E-state index < -0.39 is 66.2 Å². The van der Waals surface area contributed by atoms with Crippen LogP contribution >= 0.6 is 11.6 Å². The lowest BCUT2D eigenvalue weighted by Crippen LogP contribution is -2.59. The number of β-amino-alcohol motifs (C(OH)–C–C–N with tert-alkyl or cyclic N) is 1. The van der Waals surface area contributed by atoms with E-state index in [1.54, 1.807) is 0 Å². The summed E-state index contributed by atoms with van der Waals surface area (Å²) in [5, 5.41) is 24.2. The summed E-state index contributed by atoms with van der Waals surface area (Å²) in [6.07, 6.45) is -0.449. The Balaban J connectivity index is 1.37. The number of amides is 1. The average molecular weight is 633 g/mol. The van der Waals surface area contributed by atoms with Crippen molar-refractivity contribution < 1.29 is 40.6 Å². The van der Waals surface area contributed by atoms with Crippen LogP contribution in [0.5, 0.6) is 0 Å². The molecule has 0 spiro atoms. The molecule has 0 radical (unpaired) electrons. The van der Waals surface area contributed by atoms with Crippen molar-refractivity contribution >= 4 is 43.1 Å². The molecule has 4 unspecified atom stereocenters. The van der Waals surface area contributed by atoms with Gasteiger partial charge < -0.3 is 15.5 Å². The second-order valence-corrected chi connectivity index (χ2v) is 16.0. The van der Waals surface area contributed by atoms with Crippen LogP contribution in [0.2, 0.25) is 5.02 Å². The number of rotatable bonds is 7. The molecule has 0 aromatic heterocycles. The van der Waals surface area contributed by atoms with Gasteiger partial charge in [-0.2, -0.15) is 4.31 Å². The van der Waals surface area contributed by atoms with Crippen LogP contribution in [-0.2, 0) is 19.9 Å². The lowest BCUT2D eigenvalue weighted by molar-refractivity contribution is -0.147. The van der Waals surface area contributed by atoms with E-state index in [0.29, 0.717) is 12.8 Å². The van der Waals surface area contributed by atoms with E-state index in [1.807, 2.05) is 6.92 Å². The van der Waals surface area contributed by atoms with Crippen molar-refractivity contribution in [3.63, 3.8) is 0 Å². The van der Waals surface area contributed by atoms with Gasteiger partial charge in [0.2, 0.25) is 10.0 Å². The zero-order valence-electron chi connectivity index (χ0n) is 22.1. The first-order valence-corrected chi connectivity index (χ1v) is 16.9. The van der Waals surface area contributed by atoms with E-state index in [9.17, 15) is 40.6 Å². The Hall–Kier alpha value is -2.16. The van der Waals surface area contributed by atoms with Crippen LogP contribution in [0.3, 0.4) is 0 Å². The second-order valence-electron chi connectivity index (χ2n) is 11.3. The summed E-state index contributed by atoms with van der Waals surface area (Å²) in [6, 6.07) is 6.53. The molecule has 3 aliphatic rings. The number of hydrogen-bond donors (Lipinski definition) is 3. The number of sulfone groups is 1. The molecule has 6 atom stereocenters. The van der Waals surface area contributed by atoms with Crippen LogP contribution < -0.4 is 5.32 Å². The number of nitrogens with zero attached hydrogens (tertiary/aromatic N) is 1. The topological polar surface area (TPSA) is 141 Å². The number of benzene rings is 2. The van der Waals surface area contributed by atoms with Gasteiger partial charge in [0.05, 0.1) is 32.6 Å². The molecule has 2 aliphatic carbocycles. The van der Waals surface area contributed by atoms with E-state index in [0.717, 1.165) is 24.3 Å². The third-order valence-electron chi connectivity index (χ3n) is 8.89. The van der Waals surface area contributed by atoms with Crippen LogP contribution in [0.1, 0.15) is 43.0 Å². The molecule has 2 saturated carbocycles. The highest BCUT2D eigenvalue weighted by molar-refractivity contribution is 7.92. The Labute approximate surface area is 242 Å². The minimum atomic E-state index is -4.12. The number of hydrogen-bond acceptors (Lipinski definition) is 7. The van der Waals surface area contributed by atoms with Gasteiger partial charge in [-0.3, -0.25) is 4.79 Å². The Morgan fingerprint density at radius 3 is 2.54 bits per heavy atom. The summed E-state index contributed by atoms with van der Waals surface area (Å²) in [5.74, 6) is -4.35. The maximum Gasteiger partial charge on any atom is 0.255 e. The molecular formula is C27H31ClF2N2O7S2. The molecular weight excluding hydrogens is 602 g/mol. The van der Waals surface area contributed by atoms with Gasteiger partial charge in [0.15, 0.2) is 21.5 Å². The SMILES string of the molecule is C[C@H]1CC2CC(S(=O)(=O)c3cc(C(=O)Nc4ccc(F)c(F)c4)ccc3Cl)CC1[C@@]2(O)C(O)CN1CCCS1(=O)=O. The lowest BCUT2D eigenvalue weighted by Gasteiger charge is -2.46. The molecule has 14 heteroatoms. The summed E-state index contributed by atoms with van der Waals surface area (Å²) in [4.78, 5) is 12.5. The predicted molar refractivity (Wildman–Crippen MR) is 148 cm³/mol. The molecule has 2 aromatic carbocycles. The molecule has 224 valence electrons. The minimum Gasteiger partial charge on any atom is -0.389 e. The van der Waals surface area contributed by atoms with Crippen molar-refractivity contribution in [2.24, 2.45) is 17.8 Å². The number of halogens is 3. The van der Waals surface area contributed by atoms with Gasteiger partial charge in [0.1, 0.15) is 0 Å². The zero-order chi connectivity index (χ0) is 29.9. The largest absolute Gasteiger partial charge is 0.389 e. The van der Waals surface area contributed by atoms with E-state index in [-0.39, 0.29) is 58.8 Å². The predicted octanol–water partition coefficient (Wildman–Crippen LogP) is 3.21. The van der Waals surface area contributed by atoms with Crippen molar-refractivity contribution in [3.05, 3.63) is 58.6 Å². The summed E-state index contributed by atoms with van der Waals surface area (Å²) >= 11 is 6.29. The van der Waals surface area contributed by atoms with Gasteiger partial charge >= 0.3 is 0 Å². The normalized spacial score (nSPS) is 30.3. The first-order valence-electron chi connectivity index (χ1n) is 13.3. The highest BCUT2D eigenvalue weighted by atomic mass is 35.5. The van der Waals surface area contributed by atoms with Crippen molar-refractivity contribution in [2.75, 3.05) is 24.2 Å². The Morgan fingerprint density at radius 1 is 1.17 bits per heavy atom. The highest BCUT2D eigenvalue weighted by Gasteiger charge is 2.62. The molecule has 1 amide bonds. The molecule has 2 aromatic rings. The molecule has 1 heterocycles. The number of aliphatic hydroxyl groups is 2. The molecule has 5 rings (SSSR count). The molecule has 1 saturated heterocycles. The number of fused-ring (bicyclic) bond motifs is 2. The van der Waals surface area contributed by atoms with Crippen LogP contribution in [-0.4, -0.2) is 73.1 Å². The summed E-state index contributed by atoms with van der Waals surface area (Å²) in [7, 11) is -7.62. The summed E-state index contributed by atoms with van der Waals surface area (Å²) < 4.78 is 80.3. The number of sulfonamides is 1. The number of carbonyl (C=O) groups excluding carboxylic acids is 1. The first-order chi connectivity index (χ1) is 19.1. The highest BCUT2D eigenvalue weighted by Crippen LogP contribution is 2.56. The van der Waals surface area contributed by atoms with Gasteiger partial charge in [-0.25, -0.2) is 25.6 Å². The smallest absolute Gasteiger partial charge is 0.255 e. The van der Waals surface area contributed by atoms with E-state index in [2.05, 4.69) is 5.32 Å². The molecule has 9 nitrogen and oxygen atoms in total. The minimum absolute atomic E-state index is 0.0135. The number of carbonyl (C=O) groups is 1. The quantitative estimate of drug-likeness (QED) is 0.426. The van der Waals surface area contributed by atoms with Crippen molar-refractivity contribution in [1.82, 2.24) is 4.31 Å². The Bertz CT molecular complexity index is 1590. The zero-order valence-corrected chi connectivity index (χ0v) is 24.5. The van der Waals surface area contributed by atoms with Crippen molar-refractivity contribution in [1.29, 1.82) is 0 Å². The Kier molecular flexibility index (Phi) is 8.01. The van der Waals surface area contributed by atoms with E-state index >= 15 is 0 Å². The fourth-order valence-electron chi connectivity index (χ4n) is 6.79. The van der Waals surface area contributed by atoms with Crippen LogP contribution in [0.4, 0.5) is 14.5 Å². The van der Waals surface area contributed by atoms with Crippen LogP contribution in [0.25, 0.3) is 0 Å². The van der Waals surface area contributed by atoms with Gasteiger partial charge in [-0.1, -0.05) is 18.5 Å². The van der Waals surface area contributed by atoms with Crippen molar-refractivity contribution in [2.45, 2.75) is 54.5 Å². The van der Waals surface area contributed by atoms with Gasteiger partial charge in [-0.15, -0.1) is 0 Å². The monoisotopic (exact) mass is 632 g/mol. The molecule has 2 bridgehead atoms. The third kappa shape index (κ3) is 5.40. The van der Waals surface area contributed by atoms with E-state index in [4.69, 9.17) is 11.6 Å². The van der Waals surface area contributed by atoms with Gasteiger partial charge in [-0.05, 0) is 73.8 Å². The average Bonchev–Trinajstić information content (AvgIpc) is 3.27. The fraction of sp³-hybridized carbons (Fsp3) is 0.519. The van der Waals surface area contributed by atoms with E-state index in [1.165, 1.54) is 16.4 Å². The summed E-state index contributed by atoms with van der Waals surface area (Å²) in [6.45, 7) is 1.88. The first kappa shape index (κ1) is 30.3. The van der Waals surface area contributed by atoms with Gasteiger partial charge in [0.25, 0.3) is 5.91 Å². The van der Waals surface area contributed by atoms with Gasteiger partial charge in [0, 0.05) is 30.4 Å². The standard InChI is InChI=1S/C27H31ClF2N2O7S2/c1-15-9-17-11-19(13-20(15)27(17,35)25(33)14-32-7-2-8-40(32,36)37)41(38,39)24-10-16(3-5-21(24)28)26(34)31-18-4-6-22(29)23(30)12-18/h3-6,10,12,15,17,19-20,25,33,35H,2,7-9,11,13-14H2,1H3,(H,31,34)/t15-,17?,19?,20?,25?,27+/m0/s1. The maximum absolute atomic E-state index is 13.9. The lowest BCUT2D eigenvalue weighted by atomic mass is 9.70. The second kappa shape index (κ2) is 10.8.